The zero-order valence-corrected chi connectivity index (χ0v) is 14.0. The van der Waals surface area contributed by atoms with Gasteiger partial charge in [-0.3, -0.25) is 4.79 Å². The number of thiophene rings is 1. The van der Waals surface area contributed by atoms with Crippen molar-refractivity contribution in [1.82, 2.24) is 9.78 Å². The van der Waals surface area contributed by atoms with Crippen molar-refractivity contribution in [2.75, 3.05) is 5.32 Å². The Kier molecular flexibility index (Phi) is 4.62. The highest BCUT2D eigenvalue weighted by Gasteiger charge is 2.21. The summed E-state index contributed by atoms with van der Waals surface area (Å²) >= 11 is 1.09. The minimum atomic E-state index is -1.22. The van der Waals surface area contributed by atoms with Gasteiger partial charge in [0.05, 0.1) is 22.4 Å². The molecule has 2 N–H and O–H groups in total. The molecule has 0 aliphatic carbocycles. The van der Waals surface area contributed by atoms with Crippen molar-refractivity contribution in [2.45, 2.75) is 13.6 Å². The predicted octanol–water partition coefficient (Wildman–Crippen LogP) is 3.66. The molecule has 25 heavy (non-hydrogen) atoms. The van der Waals surface area contributed by atoms with Crippen LogP contribution in [0.4, 0.5) is 10.1 Å². The fraction of sp³-hybridized carbons (Fsp3) is 0.118. The molecule has 0 saturated carbocycles. The van der Waals surface area contributed by atoms with Crippen LogP contribution >= 0.6 is 11.3 Å². The average Bonchev–Trinajstić information content (AvgIpc) is 3.22. The van der Waals surface area contributed by atoms with Crippen molar-refractivity contribution >= 4 is 28.9 Å². The quantitative estimate of drug-likeness (QED) is 0.728. The molecule has 0 spiro atoms. The lowest BCUT2D eigenvalue weighted by molar-refractivity contribution is 0.0688. The van der Waals surface area contributed by atoms with Gasteiger partial charge in [0.15, 0.2) is 5.69 Å². The molecule has 128 valence electrons. The van der Waals surface area contributed by atoms with Crippen LogP contribution in [-0.2, 0) is 6.67 Å². The molecule has 0 bridgehead atoms. The number of alkyl halides is 1. The molecule has 6 nitrogen and oxygen atoms in total. The number of benzene rings is 1. The van der Waals surface area contributed by atoms with Crippen LogP contribution in [0.3, 0.4) is 0 Å². The molecular weight excluding hydrogens is 345 g/mol. The summed E-state index contributed by atoms with van der Waals surface area (Å²) in [4.78, 5) is 24.2. The number of carboxylic acid groups (broad SMARTS) is 1. The fourth-order valence-corrected chi connectivity index (χ4v) is 3.06. The van der Waals surface area contributed by atoms with E-state index in [1.54, 1.807) is 17.5 Å². The van der Waals surface area contributed by atoms with Crippen LogP contribution in [0, 0.1) is 6.92 Å². The Bertz CT molecular complexity index is 931. The number of carbonyl (C=O) groups is 2. The molecule has 0 atom stereocenters. The smallest absolute Gasteiger partial charge is 0.356 e. The Morgan fingerprint density at radius 1 is 1.32 bits per heavy atom. The normalized spacial score (nSPS) is 10.6. The van der Waals surface area contributed by atoms with Crippen LogP contribution in [0.1, 0.15) is 31.3 Å². The SMILES string of the molecule is Cc1ccc(-n2ncc(NC(=O)c3cc(CF)cs3)c2C(=O)O)cc1. The van der Waals surface area contributed by atoms with Gasteiger partial charge >= 0.3 is 5.97 Å². The molecule has 0 unspecified atom stereocenters. The molecular formula is C17H14FN3O3S. The fourth-order valence-electron chi connectivity index (χ4n) is 2.28. The van der Waals surface area contributed by atoms with Gasteiger partial charge < -0.3 is 10.4 Å². The number of amides is 1. The molecule has 1 amide bonds. The molecule has 3 aromatic rings. The summed E-state index contributed by atoms with van der Waals surface area (Å²) in [6, 6.07) is 8.60. The summed E-state index contributed by atoms with van der Waals surface area (Å²) in [7, 11) is 0. The summed E-state index contributed by atoms with van der Waals surface area (Å²) < 4.78 is 13.9. The highest BCUT2D eigenvalue weighted by molar-refractivity contribution is 7.12. The van der Waals surface area contributed by atoms with Crippen molar-refractivity contribution in [3.05, 3.63) is 63.6 Å². The van der Waals surface area contributed by atoms with Crippen LogP contribution in [0.25, 0.3) is 5.69 Å². The molecule has 3 rings (SSSR count). The second-order valence-electron chi connectivity index (χ2n) is 5.37. The lowest BCUT2D eigenvalue weighted by Gasteiger charge is -2.07. The standard InChI is InChI=1S/C17H14FN3O3S/c1-10-2-4-12(5-3-10)21-15(17(23)24)13(8-19-21)20-16(22)14-6-11(7-18)9-25-14/h2-6,8-9H,7H2,1H3,(H,20,22)(H,23,24). The molecule has 0 aliphatic rings. The Balaban J connectivity index is 1.93. The van der Waals surface area contributed by atoms with E-state index in [4.69, 9.17) is 0 Å². The molecule has 0 aliphatic heterocycles. The van der Waals surface area contributed by atoms with Crippen LogP contribution in [0.5, 0.6) is 0 Å². The summed E-state index contributed by atoms with van der Waals surface area (Å²) in [5, 5.41) is 17.7. The largest absolute Gasteiger partial charge is 0.476 e. The first kappa shape index (κ1) is 16.8. The predicted molar refractivity (Wildman–Crippen MR) is 92.3 cm³/mol. The third kappa shape index (κ3) is 3.43. The van der Waals surface area contributed by atoms with Gasteiger partial charge in [0.25, 0.3) is 5.91 Å². The number of carbonyl (C=O) groups excluding carboxylic acids is 1. The highest BCUT2D eigenvalue weighted by Crippen LogP contribution is 2.22. The van der Waals surface area contributed by atoms with Crippen LogP contribution in [-0.4, -0.2) is 26.8 Å². The monoisotopic (exact) mass is 359 g/mol. The minimum absolute atomic E-state index is 0.0771. The van der Waals surface area contributed by atoms with E-state index in [0.29, 0.717) is 16.1 Å². The van der Waals surface area contributed by atoms with Gasteiger partial charge in [-0.15, -0.1) is 11.3 Å². The third-order valence-electron chi connectivity index (χ3n) is 3.53. The van der Waals surface area contributed by atoms with E-state index in [1.165, 1.54) is 16.9 Å². The lowest BCUT2D eigenvalue weighted by Crippen LogP contribution is -2.15. The van der Waals surface area contributed by atoms with Gasteiger partial charge in [-0.25, -0.2) is 13.9 Å². The first-order valence-electron chi connectivity index (χ1n) is 7.32. The van der Waals surface area contributed by atoms with Gasteiger partial charge in [-0.1, -0.05) is 17.7 Å². The summed E-state index contributed by atoms with van der Waals surface area (Å²) in [6.07, 6.45) is 1.28. The topological polar surface area (TPSA) is 84.2 Å². The summed E-state index contributed by atoms with van der Waals surface area (Å²) in [6.45, 7) is 1.26. The van der Waals surface area contributed by atoms with Crippen molar-refractivity contribution in [3.63, 3.8) is 0 Å². The molecule has 8 heteroatoms. The van der Waals surface area contributed by atoms with Gasteiger partial charge in [0, 0.05) is 0 Å². The zero-order chi connectivity index (χ0) is 18.0. The van der Waals surface area contributed by atoms with E-state index in [-0.39, 0.29) is 11.4 Å². The number of aromatic nitrogens is 2. The number of hydrogen-bond acceptors (Lipinski definition) is 4. The Labute approximate surface area is 146 Å². The number of aromatic carboxylic acids is 1. The van der Waals surface area contributed by atoms with Crippen molar-refractivity contribution in [2.24, 2.45) is 0 Å². The van der Waals surface area contributed by atoms with E-state index < -0.39 is 18.6 Å². The van der Waals surface area contributed by atoms with Crippen LogP contribution in [0.2, 0.25) is 0 Å². The number of halogens is 1. The number of hydrogen-bond donors (Lipinski definition) is 2. The second kappa shape index (κ2) is 6.86. The summed E-state index contributed by atoms with van der Waals surface area (Å²) in [5.74, 6) is -1.72. The number of aryl methyl sites for hydroxylation is 1. The average molecular weight is 359 g/mol. The van der Waals surface area contributed by atoms with E-state index in [1.807, 2.05) is 19.1 Å². The second-order valence-corrected chi connectivity index (χ2v) is 6.28. The maximum Gasteiger partial charge on any atom is 0.356 e. The van der Waals surface area contributed by atoms with Gasteiger partial charge in [-0.2, -0.15) is 5.10 Å². The molecule has 0 saturated heterocycles. The van der Waals surface area contributed by atoms with E-state index in [0.717, 1.165) is 16.9 Å². The van der Waals surface area contributed by atoms with Crippen molar-refractivity contribution in [3.8, 4) is 5.69 Å². The Morgan fingerprint density at radius 3 is 2.64 bits per heavy atom. The van der Waals surface area contributed by atoms with E-state index in [2.05, 4.69) is 10.4 Å². The maximum absolute atomic E-state index is 12.6. The highest BCUT2D eigenvalue weighted by atomic mass is 32.1. The molecule has 2 heterocycles. The first-order valence-corrected chi connectivity index (χ1v) is 8.20. The minimum Gasteiger partial charge on any atom is -0.476 e. The zero-order valence-electron chi connectivity index (χ0n) is 13.2. The number of carboxylic acids is 1. The number of nitrogens with zero attached hydrogens (tertiary/aromatic N) is 2. The molecule has 2 aromatic heterocycles. The first-order chi connectivity index (χ1) is 12.0. The summed E-state index contributed by atoms with van der Waals surface area (Å²) in [5.41, 5.74) is 1.93. The van der Waals surface area contributed by atoms with Crippen molar-refractivity contribution < 1.29 is 19.1 Å². The van der Waals surface area contributed by atoms with E-state index in [9.17, 15) is 19.1 Å². The van der Waals surface area contributed by atoms with Gasteiger partial charge in [0.2, 0.25) is 0 Å². The van der Waals surface area contributed by atoms with E-state index >= 15 is 0 Å². The molecule has 1 aromatic carbocycles. The van der Waals surface area contributed by atoms with Crippen LogP contribution < -0.4 is 5.32 Å². The molecule has 0 radical (unpaired) electrons. The third-order valence-corrected chi connectivity index (χ3v) is 4.51. The van der Waals surface area contributed by atoms with Crippen molar-refractivity contribution in [1.29, 1.82) is 0 Å². The Hall–Kier alpha value is -3.00. The Morgan fingerprint density at radius 2 is 2.04 bits per heavy atom. The van der Waals surface area contributed by atoms with Gasteiger partial charge in [-0.05, 0) is 36.1 Å². The number of anilines is 1. The number of nitrogens with one attached hydrogen (secondary N) is 1. The number of rotatable bonds is 5. The lowest BCUT2D eigenvalue weighted by atomic mass is 10.2. The molecule has 0 fully saturated rings. The van der Waals surface area contributed by atoms with Gasteiger partial charge in [0.1, 0.15) is 6.67 Å². The van der Waals surface area contributed by atoms with Crippen LogP contribution in [0.15, 0.2) is 41.9 Å². The maximum atomic E-state index is 12.6.